The van der Waals surface area contributed by atoms with Gasteiger partial charge >= 0.3 is 0 Å². The van der Waals surface area contributed by atoms with Gasteiger partial charge in [0.25, 0.3) is 5.91 Å². The van der Waals surface area contributed by atoms with Gasteiger partial charge in [0.1, 0.15) is 11.8 Å². The number of carbonyl (C=O) groups is 2. The summed E-state index contributed by atoms with van der Waals surface area (Å²) in [6.07, 6.45) is 0. The Kier molecular flexibility index (Phi) is 6.40. The number of carbonyl (C=O) groups excluding carboxylic acids is 2. The fourth-order valence-corrected chi connectivity index (χ4v) is 1.88. The van der Waals surface area contributed by atoms with Gasteiger partial charge in [-0.05, 0) is 37.0 Å². The van der Waals surface area contributed by atoms with Gasteiger partial charge in [-0.3, -0.25) is 9.59 Å². The quantitative estimate of drug-likeness (QED) is 0.845. The molecule has 0 aliphatic rings. The largest absolute Gasteiger partial charge is 0.484 e. The fraction of sp³-hybridized carbons (Fsp3) is 0.529. The van der Waals surface area contributed by atoms with Crippen molar-refractivity contribution in [3.05, 3.63) is 29.8 Å². The number of ether oxygens (including phenoxy) is 1. The van der Waals surface area contributed by atoms with Crippen LogP contribution in [0, 0.1) is 0 Å². The van der Waals surface area contributed by atoms with Crippen molar-refractivity contribution in [3.8, 4) is 5.75 Å². The highest BCUT2D eigenvalue weighted by Gasteiger charge is 2.15. The number of nitrogens with one attached hydrogen (secondary N) is 2. The summed E-state index contributed by atoms with van der Waals surface area (Å²) in [5, 5.41) is 5.24. The van der Waals surface area contributed by atoms with Crippen molar-refractivity contribution >= 4 is 11.8 Å². The van der Waals surface area contributed by atoms with E-state index in [1.54, 1.807) is 6.92 Å². The lowest BCUT2D eigenvalue weighted by Gasteiger charge is -2.19. The van der Waals surface area contributed by atoms with E-state index in [1.165, 1.54) is 5.56 Å². The van der Waals surface area contributed by atoms with Gasteiger partial charge in [0.2, 0.25) is 5.91 Å². The van der Waals surface area contributed by atoms with E-state index >= 15 is 0 Å². The smallest absolute Gasteiger partial charge is 0.258 e. The van der Waals surface area contributed by atoms with Crippen LogP contribution in [0.1, 0.15) is 40.2 Å². The molecule has 0 saturated heterocycles. The molecule has 0 aromatic heterocycles. The highest BCUT2D eigenvalue weighted by atomic mass is 16.5. The van der Waals surface area contributed by atoms with E-state index in [4.69, 9.17) is 4.74 Å². The summed E-state index contributed by atoms with van der Waals surface area (Å²) < 4.78 is 5.43. The van der Waals surface area contributed by atoms with Crippen LogP contribution < -0.4 is 15.4 Å². The minimum atomic E-state index is -0.570. The molecule has 5 heteroatoms. The summed E-state index contributed by atoms with van der Waals surface area (Å²) in [7, 11) is 0. The number of likely N-dealkylation sites (N-methyl/N-ethyl adjacent to an activating group) is 1. The van der Waals surface area contributed by atoms with E-state index in [1.807, 2.05) is 31.2 Å². The lowest BCUT2D eigenvalue weighted by molar-refractivity contribution is -0.129. The number of amides is 2. The predicted octanol–water partition coefficient (Wildman–Crippen LogP) is 2.00. The molecule has 0 fully saturated rings. The van der Waals surface area contributed by atoms with Crippen LogP contribution in [0.5, 0.6) is 5.75 Å². The summed E-state index contributed by atoms with van der Waals surface area (Å²) in [4.78, 5) is 23.3. The maximum atomic E-state index is 11.7. The molecule has 0 heterocycles. The van der Waals surface area contributed by atoms with Crippen molar-refractivity contribution in [2.24, 2.45) is 0 Å². The van der Waals surface area contributed by atoms with Gasteiger partial charge < -0.3 is 15.4 Å². The van der Waals surface area contributed by atoms with E-state index < -0.39 is 6.04 Å². The molecule has 0 spiro atoms. The van der Waals surface area contributed by atoms with E-state index in [0.717, 1.165) is 0 Å². The minimum absolute atomic E-state index is 0.0813. The van der Waals surface area contributed by atoms with Crippen LogP contribution in [0.25, 0.3) is 0 Å². The first-order chi connectivity index (χ1) is 10.2. The van der Waals surface area contributed by atoms with Crippen LogP contribution in [-0.2, 0) is 15.0 Å². The van der Waals surface area contributed by atoms with Crippen molar-refractivity contribution < 1.29 is 14.3 Å². The fourth-order valence-electron chi connectivity index (χ4n) is 1.88. The normalized spacial score (nSPS) is 12.4. The topological polar surface area (TPSA) is 67.4 Å². The van der Waals surface area contributed by atoms with Crippen molar-refractivity contribution in [2.45, 2.75) is 46.1 Å². The number of hydrogen-bond donors (Lipinski definition) is 2. The second kappa shape index (κ2) is 7.82. The van der Waals surface area contributed by atoms with Gasteiger partial charge in [0.05, 0.1) is 0 Å². The molecule has 1 aromatic carbocycles. The van der Waals surface area contributed by atoms with E-state index in [-0.39, 0.29) is 23.8 Å². The zero-order chi connectivity index (χ0) is 16.8. The molecule has 1 atom stereocenters. The average Bonchev–Trinajstić information content (AvgIpc) is 2.45. The molecule has 5 nitrogen and oxygen atoms in total. The predicted molar refractivity (Wildman–Crippen MR) is 86.9 cm³/mol. The van der Waals surface area contributed by atoms with Gasteiger partial charge in [-0.15, -0.1) is 0 Å². The summed E-state index contributed by atoms with van der Waals surface area (Å²) in [6, 6.07) is 7.11. The third-order valence-corrected chi connectivity index (χ3v) is 3.21. The van der Waals surface area contributed by atoms with Gasteiger partial charge in [-0.2, -0.15) is 0 Å². The van der Waals surface area contributed by atoms with Crippen molar-refractivity contribution in [1.82, 2.24) is 10.6 Å². The van der Waals surface area contributed by atoms with Crippen LogP contribution in [-0.4, -0.2) is 31.0 Å². The SMILES string of the molecule is CCNC(=O)[C@H](C)NC(=O)COc1ccc(C(C)(C)C)cc1. The molecule has 1 aromatic rings. The Morgan fingerprint density at radius 1 is 1.18 bits per heavy atom. The summed E-state index contributed by atoms with van der Waals surface area (Å²) in [5.74, 6) is 0.109. The molecule has 122 valence electrons. The maximum Gasteiger partial charge on any atom is 0.258 e. The highest BCUT2D eigenvalue weighted by Crippen LogP contribution is 2.24. The second-order valence-electron chi connectivity index (χ2n) is 6.25. The number of hydrogen-bond acceptors (Lipinski definition) is 3. The molecule has 0 unspecified atom stereocenters. The molecule has 0 radical (unpaired) electrons. The Hall–Kier alpha value is -2.04. The third kappa shape index (κ3) is 5.76. The Morgan fingerprint density at radius 2 is 1.77 bits per heavy atom. The molecule has 2 amide bonds. The van der Waals surface area contributed by atoms with Gasteiger partial charge in [-0.1, -0.05) is 32.9 Å². The van der Waals surface area contributed by atoms with Crippen LogP contribution in [0.4, 0.5) is 0 Å². The van der Waals surface area contributed by atoms with Crippen molar-refractivity contribution in [2.75, 3.05) is 13.2 Å². The van der Waals surface area contributed by atoms with Gasteiger partial charge in [0, 0.05) is 6.54 Å². The lowest BCUT2D eigenvalue weighted by Crippen LogP contribution is -2.46. The average molecular weight is 306 g/mol. The number of benzene rings is 1. The Bertz CT molecular complexity index is 504. The van der Waals surface area contributed by atoms with Crippen LogP contribution in [0.3, 0.4) is 0 Å². The zero-order valence-electron chi connectivity index (χ0n) is 14.0. The standard InChI is InChI=1S/C17H26N2O3/c1-6-18-16(21)12(2)19-15(20)11-22-14-9-7-13(8-10-14)17(3,4)5/h7-10,12H,6,11H2,1-5H3,(H,18,21)(H,19,20)/t12-/m0/s1. The summed E-state index contributed by atoms with van der Waals surface area (Å²) in [6.45, 7) is 10.3. The first kappa shape index (κ1) is 18.0. The van der Waals surface area contributed by atoms with Gasteiger partial charge in [-0.25, -0.2) is 0 Å². The molecule has 1 rings (SSSR count). The third-order valence-electron chi connectivity index (χ3n) is 3.21. The Balaban J connectivity index is 2.46. The second-order valence-corrected chi connectivity index (χ2v) is 6.25. The molecular formula is C17H26N2O3. The van der Waals surface area contributed by atoms with E-state index in [2.05, 4.69) is 31.4 Å². The first-order valence-electron chi connectivity index (χ1n) is 7.54. The van der Waals surface area contributed by atoms with Crippen molar-refractivity contribution in [3.63, 3.8) is 0 Å². The summed E-state index contributed by atoms with van der Waals surface area (Å²) >= 11 is 0. The van der Waals surface area contributed by atoms with Crippen LogP contribution >= 0.6 is 0 Å². The Labute approximate surface area is 132 Å². The number of rotatable bonds is 6. The minimum Gasteiger partial charge on any atom is -0.484 e. The van der Waals surface area contributed by atoms with Gasteiger partial charge in [0.15, 0.2) is 6.61 Å². The Morgan fingerprint density at radius 3 is 2.27 bits per heavy atom. The molecule has 0 aliphatic carbocycles. The molecule has 2 N–H and O–H groups in total. The molecule has 22 heavy (non-hydrogen) atoms. The maximum absolute atomic E-state index is 11.7. The monoisotopic (exact) mass is 306 g/mol. The lowest BCUT2D eigenvalue weighted by atomic mass is 9.87. The molecule has 0 saturated carbocycles. The molecular weight excluding hydrogens is 280 g/mol. The van der Waals surface area contributed by atoms with Crippen LogP contribution in [0.15, 0.2) is 24.3 Å². The van der Waals surface area contributed by atoms with Crippen LogP contribution in [0.2, 0.25) is 0 Å². The summed E-state index contributed by atoms with van der Waals surface area (Å²) in [5.41, 5.74) is 1.28. The first-order valence-corrected chi connectivity index (χ1v) is 7.54. The van der Waals surface area contributed by atoms with E-state index in [0.29, 0.717) is 12.3 Å². The molecule has 0 bridgehead atoms. The van der Waals surface area contributed by atoms with E-state index in [9.17, 15) is 9.59 Å². The molecule has 0 aliphatic heterocycles. The zero-order valence-corrected chi connectivity index (χ0v) is 14.0. The highest BCUT2D eigenvalue weighted by molar-refractivity contribution is 5.87. The van der Waals surface area contributed by atoms with Crippen molar-refractivity contribution in [1.29, 1.82) is 0 Å².